The maximum Gasteiger partial charge on any atom is 0.191 e. The first-order chi connectivity index (χ1) is 9.28. The van der Waals surface area contributed by atoms with Gasteiger partial charge in [0.2, 0.25) is 0 Å². The zero-order valence-corrected chi connectivity index (χ0v) is 12.2. The van der Waals surface area contributed by atoms with E-state index < -0.39 is 0 Å². The monoisotopic (exact) mass is 269 g/mol. The highest BCUT2D eigenvalue weighted by Crippen LogP contribution is 2.23. The molecular formula is C14H27N3O2. The van der Waals surface area contributed by atoms with Gasteiger partial charge < -0.3 is 20.1 Å². The van der Waals surface area contributed by atoms with Gasteiger partial charge in [0.25, 0.3) is 0 Å². The standard InChI is InChI=1S/C14H27N3O2/c1-15-13(17-12-5-3-4-6-12)16-11-14(18-2)7-9-19-10-8-14/h12H,3-11H2,1-2H3,(H2,15,16,17). The van der Waals surface area contributed by atoms with Crippen LogP contribution >= 0.6 is 0 Å². The molecule has 0 bridgehead atoms. The van der Waals surface area contributed by atoms with Crippen LogP contribution in [0.3, 0.4) is 0 Å². The molecule has 0 aromatic heterocycles. The molecule has 5 nitrogen and oxygen atoms in total. The molecule has 1 heterocycles. The SMILES string of the molecule is CN=C(NCC1(OC)CCOCC1)NC1CCCC1. The largest absolute Gasteiger partial charge is 0.381 e. The average Bonchev–Trinajstić information content (AvgIpc) is 2.97. The van der Waals surface area contributed by atoms with E-state index in [9.17, 15) is 0 Å². The number of nitrogens with zero attached hydrogens (tertiary/aromatic N) is 1. The molecule has 1 aliphatic carbocycles. The molecule has 5 heteroatoms. The summed E-state index contributed by atoms with van der Waals surface area (Å²) in [7, 11) is 3.62. The zero-order chi connectivity index (χ0) is 13.6. The van der Waals surface area contributed by atoms with E-state index in [-0.39, 0.29) is 5.60 Å². The van der Waals surface area contributed by atoms with Gasteiger partial charge in [-0.15, -0.1) is 0 Å². The van der Waals surface area contributed by atoms with Crippen molar-refractivity contribution in [3.05, 3.63) is 0 Å². The van der Waals surface area contributed by atoms with Crippen LogP contribution < -0.4 is 10.6 Å². The number of rotatable bonds is 4. The predicted molar refractivity (Wildman–Crippen MR) is 76.5 cm³/mol. The quantitative estimate of drug-likeness (QED) is 0.596. The summed E-state index contributed by atoms with van der Waals surface area (Å²) in [5, 5.41) is 6.91. The fourth-order valence-corrected chi connectivity index (χ4v) is 2.90. The molecule has 1 saturated heterocycles. The van der Waals surface area contributed by atoms with E-state index in [4.69, 9.17) is 9.47 Å². The highest BCUT2D eigenvalue weighted by atomic mass is 16.5. The van der Waals surface area contributed by atoms with E-state index in [0.717, 1.165) is 38.6 Å². The number of guanidine groups is 1. The van der Waals surface area contributed by atoms with E-state index in [1.807, 2.05) is 7.05 Å². The Hall–Kier alpha value is -0.810. The maximum atomic E-state index is 5.72. The molecule has 0 aromatic rings. The van der Waals surface area contributed by atoms with Crippen LogP contribution in [0.25, 0.3) is 0 Å². The van der Waals surface area contributed by atoms with Crippen molar-refractivity contribution in [3.8, 4) is 0 Å². The third-order valence-corrected chi connectivity index (χ3v) is 4.33. The van der Waals surface area contributed by atoms with Gasteiger partial charge in [-0.25, -0.2) is 0 Å². The Bertz CT molecular complexity index is 295. The Labute approximate surface area is 116 Å². The molecule has 0 unspecified atom stereocenters. The minimum atomic E-state index is -0.106. The fourth-order valence-electron chi connectivity index (χ4n) is 2.90. The summed E-state index contributed by atoms with van der Waals surface area (Å²) in [5.41, 5.74) is -0.106. The minimum absolute atomic E-state index is 0.106. The summed E-state index contributed by atoms with van der Waals surface area (Å²) >= 11 is 0. The lowest BCUT2D eigenvalue weighted by Crippen LogP contribution is -2.52. The Kier molecular flexibility index (Phi) is 5.45. The van der Waals surface area contributed by atoms with Crippen molar-refractivity contribution in [2.24, 2.45) is 4.99 Å². The molecule has 1 saturated carbocycles. The summed E-state index contributed by atoms with van der Waals surface area (Å²) in [6, 6.07) is 0.583. The summed E-state index contributed by atoms with van der Waals surface area (Å²) in [4.78, 5) is 4.31. The normalized spacial score (nSPS) is 24.4. The van der Waals surface area contributed by atoms with Crippen molar-refractivity contribution in [2.75, 3.05) is 33.9 Å². The first-order valence-corrected chi connectivity index (χ1v) is 7.38. The molecule has 2 N–H and O–H groups in total. The van der Waals surface area contributed by atoms with Gasteiger partial charge in [-0.1, -0.05) is 12.8 Å². The molecule has 1 aliphatic heterocycles. The lowest BCUT2D eigenvalue weighted by atomic mass is 9.94. The van der Waals surface area contributed by atoms with Crippen LogP contribution in [-0.4, -0.2) is 51.5 Å². The number of hydrogen-bond donors (Lipinski definition) is 2. The number of nitrogens with one attached hydrogen (secondary N) is 2. The van der Waals surface area contributed by atoms with E-state index >= 15 is 0 Å². The number of ether oxygens (including phenoxy) is 2. The fraction of sp³-hybridized carbons (Fsp3) is 0.929. The van der Waals surface area contributed by atoms with E-state index in [1.54, 1.807) is 7.11 Å². The zero-order valence-electron chi connectivity index (χ0n) is 12.2. The van der Waals surface area contributed by atoms with Gasteiger partial charge in [0.15, 0.2) is 5.96 Å². The molecule has 2 rings (SSSR count). The van der Waals surface area contributed by atoms with Gasteiger partial charge in [0.05, 0.1) is 5.60 Å². The Morgan fingerprint density at radius 1 is 1.32 bits per heavy atom. The van der Waals surface area contributed by atoms with E-state index in [0.29, 0.717) is 6.04 Å². The van der Waals surface area contributed by atoms with Gasteiger partial charge in [0, 0.05) is 52.8 Å². The molecular weight excluding hydrogens is 242 g/mol. The van der Waals surface area contributed by atoms with E-state index in [2.05, 4.69) is 15.6 Å². The number of aliphatic imine (C=N–C) groups is 1. The predicted octanol–water partition coefficient (Wildman–Crippen LogP) is 1.29. The number of methoxy groups -OCH3 is 1. The van der Waals surface area contributed by atoms with Crippen LogP contribution in [0, 0.1) is 0 Å². The summed E-state index contributed by atoms with van der Waals surface area (Å²) in [6.07, 6.45) is 7.05. The van der Waals surface area contributed by atoms with Crippen molar-refractivity contribution >= 4 is 5.96 Å². The molecule has 0 radical (unpaired) electrons. The molecule has 0 spiro atoms. The average molecular weight is 269 g/mol. The molecule has 110 valence electrons. The lowest BCUT2D eigenvalue weighted by Gasteiger charge is -2.36. The van der Waals surface area contributed by atoms with Crippen molar-refractivity contribution in [1.82, 2.24) is 10.6 Å². The molecule has 2 fully saturated rings. The minimum Gasteiger partial charge on any atom is -0.381 e. The van der Waals surface area contributed by atoms with Crippen LogP contribution in [0.4, 0.5) is 0 Å². The second-order valence-electron chi connectivity index (χ2n) is 5.55. The third-order valence-electron chi connectivity index (χ3n) is 4.33. The second kappa shape index (κ2) is 7.10. The van der Waals surface area contributed by atoms with Gasteiger partial charge in [-0.05, 0) is 12.8 Å². The van der Waals surface area contributed by atoms with Gasteiger partial charge in [-0.2, -0.15) is 0 Å². The highest BCUT2D eigenvalue weighted by molar-refractivity contribution is 5.80. The van der Waals surface area contributed by atoms with Crippen LogP contribution in [0.15, 0.2) is 4.99 Å². The van der Waals surface area contributed by atoms with Crippen molar-refractivity contribution < 1.29 is 9.47 Å². The lowest BCUT2D eigenvalue weighted by molar-refractivity contribution is -0.0855. The molecule has 0 atom stereocenters. The van der Waals surface area contributed by atoms with Gasteiger partial charge in [0.1, 0.15) is 0 Å². The Morgan fingerprint density at radius 2 is 2.00 bits per heavy atom. The summed E-state index contributed by atoms with van der Waals surface area (Å²) in [5.74, 6) is 0.898. The first-order valence-electron chi connectivity index (χ1n) is 7.38. The topological polar surface area (TPSA) is 54.9 Å². The van der Waals surface area contributed by atoms with Crippen LogP contribution in [0.1, 0.15) is 38.5 Å². The van der Waals surface area contributed by atoms with Crippen LogP contribution in [0.2, 0.25) is 0 Å². The maximum absolute atomic E-state index is 5.72. The van der Waals surface area contributed by atoms with E-state index in [1.165, 1.54) is 25.7 Å². The van der Waals surface area contributed by atoms with Crippen molar-refractivity contribution in [2.45, 2.75) is 50.2 Å². The molecule has 0 aromatic carbocycles. The van der Waals surface area contributed by atoms with Crippen molar-refractivity contribution in [3.63, 3.8) is 0 Å². The smallest absolute Gasteiger partial charge is 0.191 e. The van der Waals surface area contributed by atoms with Crippen LogP contribution in [0.5, 0.6) is 0 Å². The molecule has 2 aliphatic rings. The molecule has 19 heavy (non-hydrogen) atoms. The molecule has 0 amide bonds. The second-order valence-corrected chi connectivity index (χ2v) is 5.55. The summed E-state index contributed by atoms with van der Waals surface area (Å²) in [6.45, 7) is 2.35. The summed E-state index contributed by atoms with van der Waals surface area (Å²) < 4.78 is 11.1. The Morgan fingerprint density at radius 3 is 2.58 bits per heavy atom. The van der Waals surface area contributed by atoms with Crippen LogP contribution in [-0.2, 0) is 9.47 Å². The van der Waals surface area contributed by atoms with Gasteiger partial charge in [-0.3, -0.25) is 4.99 Å². The first kappa shape index (κ1) is 14.6. The third kappa shape index (κ3) is 4.08. The Balaban J connectivity index is 1.80. The number of hydrogen-bond acceptors (Lipinski definition) is 3. The van der Waals surface area contributed by atoms with Gasteiger partial charge >= 0.3 is 0 Å². The highest BCUT2D eigenvalue weighted by Gasteiger charge is 2.32. The van der Waals surface area contributed by atoms with Crippen molar-refractivity contribution in [1.29, 1.82) is 0 Å².